The highest BCUT2D eigenvalue weighted by atomic mass is 19.4. The number of rotatable bonds is 3. The zero-order valence-electron chi connectivity index (χ0n) is 15.1. The van der Waals surface area contributed by atoms with Gasteiger partial charge in [0.1, 0.15) is 0 Å². The maximum absolute atomic E-state index is 13.3. The van der Waals surface area contributed by atoms with Gasteiger partial charge in [0, 0.05) is 18.0 Å². The number of nitrogens with zero attached hydrogens (tertiary/aromatic N) is 3. The van der Waals surface area contributed by atoms with E-state index in [-0.39, 0.29) is 16.4 Å². The van der Waals surface area contributed by atoms with Crippen molar-refractivity contribution in [3.63, 3.8) is 0 Å². The van der Waals surface area contributed by atoms with Gasteiger partial charge in [-0.15, -0.1) is 0 Å². The number of amides is 2. The first-order valence-electron chi connectivity index (χ1n) is 8.29. The lowest BCUT2D eigenvalue weighted by Crippen LogP contribution is -2.22. The van der Waals surface area contributed by atoms with E-state index in [0.29, 0.717) is 5.69 Å². The maximum atomic E-state index is 13.3. The predicted molar refractivity (Wildman–Crippen MR) is 95.2 cm³/mol. The van der Waals surface area contributed by atoms with E-state index in [1.165, 1.54) is 12.1 Å². The van der Waals surface area contributed by atoms with Crippen LogP contribution in [-0.4, -0.2) is 20.8 Å². The van der Waals surface area contributed by atoms with Crippen molar-refractivity contribution >= 4 is 17.4 Å². The van der Waals surface area contributed by atoms with Crippen LogP contribution < -0.4 is 10.6 Å². The molecule has 0 unspecified atom stereocenters. The van der Waals surface area contributed by atoms with Gasteiger partial charge in [-0.25, -0.2) is 14.5 Å². The minimum Gasteiger partial charge on any atom is -0.308 e. The van der Waals surface area contributed by atoms with Crippen LogP contribution in [0.15, 0.2) is 48.7 Å². The highest BCUT2D eigenvalue weighted by Crippen LogP contribution is 2.37. The van der Waals surface area contributed by atoms with Gasteiger partial charge in [-0.2, -0.15) is 31.4 Å². The van der Waals surface area contributed by atoms with E-state index in [1.807, 2.05) is 6.92 Å². The summed E-state index contributed by atoms with van der Waals surface area (Å²) in [5.74, 6) is -0.626. The molecule has 1 aromatic carbocycles. The minimum atomic E-state index is -5.14. The van der Waals surface area contributed by atoms with Crippen molar-refractivity contribution in [2.24, 2.45) is 0 Å². The Kier molecular flexibility index (Phi) is 5.42. The summed E-state index contributed by atoms with van der Waals surface area (Å²) in [6, 6.07) is 8.19. The first kappa shape index (κ1) is 21.1. The largest absolute Gasteiger partial charge is 0.435 e. The molecule has 0 atom stereocenters. The summed E-state index contributed by atoms with van der Waals surface area (Å²) in [5.41, 5.74) is -2.36. The second-order valence-electron chi connectivity index (χ2n) is 6.14. The summed E-state index contributed by atoms with van der Waals surface area (Å²) in [7, 11) is 0. The third kappa shape index (κ3) is 4.70. The molecule has 3 rings (SSSR count). The summed E-state index contributed by atoms with van der Waals surface area (Å²) in [5, 5.41) is 7.75. The number of pyridine rings is 1. The first-order chi connectivity index (χ1) is 13.9. The molecule has 0 aliphatic carbocycles. The molecule has 2 amide bonds. The van der Waals surface area contributed by atoms with Gasteiger partial charge in [-0.3, -0.25) is 0 Å². The van der Waals surface area contributed by atoms with Crippen LogP contribution in [0.2, 0.25) is 0 Å². The molecule has 0 bridgehead atoms. The number of hydrogen-bond acceptors (Lipinski definition) is 3. The molecule has 2 heterocycles. The van der Waals surface area contributed by atoms with Crippen molar-refractivity contribution in [2.45, 2.75) is 19.3 Å². The number of carbonyl (C=O) groups is 1. The fourth-order valence-electron chi connectivity index (χ4n) is 2.47. The molecule has 3 aromatic rings. The lowest BCUT2D eigenvalue weighted by atomic mass is 10.2. The number of nitrogens with one attached hydrogen (secondary N) is 2. The average molecular weight is 429 g/mol. The number of aryl methyl sites for hydroxylation is 1. The summed E-state index contributed by atoms with van der Waals surface area (Å²) >= 11 is 0. The Balaban J connectivity index is 1.96. The molecule has 0 spiro atoms. The van der Waals surface area contributed by atoms with Crippen LogP contribution in [-0.2, 0) is 12.4 Å². The van der Waals surface area contributed by atoms with E-state index in [0.717, 1.165) is 11.8 Å². The number of anilines is 2. The molecule has 0 saturated carbocycles. The molecule has 6 nitrogen and oxygen atoms in total. The summed E-state index contributed by atoms with van der Waals surface area (Å²) in [6.07, 6.45) is -9.18. The number of carbonyl (C=O) groups excluding carboxylic acids is 1. The lowest BCUT2D eigenvalue weighted by Gasteiger charge is -2.14. The topological polar surface area (TPSA) is 71.8 Å². The van der Waals surface area contributed by atoms with Crippen molar-refractivity contribution in [3.05, 3.63) is 65.6 Å². The summed E-state index contributed by atoms with van der Waals surface area (Å²) in [6.45, 7) is 1.84. The van der Waals surface area contributed by atoms with E-state index in [9.17, 15) is 31.1 Å². The van der Waals surface area contributed by atoms with Gasteiger partial charge >= 0.3 is 18.4 Å². The van der Waals surface area contributed by atoms with E-state index in [2.05, 4.69) is 20.7 Å². The molecule has 0 aliphatic heterocycles. The van der Waals surface area contributed by atoms with Crippen LogP contribution in [0.25, 0.3) is 5.82 Å². The van der Waals surface area contributed by atoms with Crippen LogP contribution in [0.5, 0.6) is 0 Å². The molecule has 12 heteroatoms. The molecular formula is C18H13F6N5O. The summed E-state index contributed by atoms with van der Waals surface area (Å²) in [4.78, 5) is 15.9. The number of halogens is 6. The van der Waals surface area contributed by atoms with Gasteiger partial charge in [0.15, 0.2) is 17.2 Å². The zero-order valence-corrected chi connectivity index (χ0v) is 15.1. The molecule has 0 fully saturated rings. The van der Waals surface area contributed by atoms with Crippen molar-refractivity contribution < 1.29 is 31.1 Å². The first-order valence-corrected chi connectivity index (χ1v) is 8.29. The molecule has 158 valence electrons. The Hall–Kier alpha value is -3.57. The zero-order chi connectivity index (χ0) is 22.1. The van der Waals surface area contributed by atoms with Gasteiger partial charge in [0.2, 0.25) is 0 Å². The van der Waals surface area contributed by atoms with Crippen molar-refractivity contribution in [1.82, 2.24) is 14.8 Å². The predicted octanol–water partition coefficient (Wildman–Crippen LogP) is 5.26. The second kappa shape index (κ2) is 7.69. The molecular weight excluding hydrogens is 416 g/mol. The van der Waals surface area contributed by atoms with Gasteiger partial charge in [-0.05, 0) is 31.2 Å². The van der Waals surface area contributed by atoms with E-state index < -0.39 is 35.6 Å². The molecule has 0 radical (unpaired) electrons. The van der Waals surface area contributed by atoms with Crippen LogP contribution in [0.4, 0.5) is 42.5 Å². The normalized spacial score (nSPS) is 12.0. The Labute approximate surface area is 165 Å². The van der Waals surface area contributed by atoms with Crippen LogP contribution in [0, 0.1) is 6.92 Å². The van der Waals surface area contributed by atoms with Crippen molar-refractivity contribution in [1.29, 1.82) is 0 Å². The SMILES string of the molecule is Cc1ccc(NC(=O)Nc2cccnc2-n2nc(C(F)(F)F)cc2C(F)(F)F)cc1. The minimum absolute atomic E-state index is 0.00428. The van der Waals surface area contributed by atoms with Gasteiger partial charge in [0.25, 0.3) is 0 Å². The Morgan fingerprint density at radius 2 is 1.63 bits per heavy atom. The van der Waals surface area contributed by atoms with E-state index >= 15 is 0 Å². The number of alkyl halides is 6. The fraction of sp³-hybridized carbons (Fsp3) is 0.167. The van der Waals surface area contributed by atoms with E-state index in [4.69, 9.17) is 0 Å². The van der Waals surface area contributed by atoms with Gasteiger partial charge in [-0.1, -0.05) is 17.7 Å². The van der Waals surface area contributed by atoms with Crippen LogP contribution in [0.1, 0.15) is 17.0 Å². The number of aromatic nitrogens is 3. The molecule has 0 aliphatic rings. The molecule has 2 N–H and O–H groups in total. The van der Waals surface area contributed by atoms with Gasteiger partial charge in [0.05, 0.1) is 5.69 Å². The summed E-state index contributed by atoms with van der Waals surface area (Å²) < 4.78 is 78.7. The Bertz CT molecular complexity index is 1060. The van der Waals surface area contributed by atoms with Crippen molar-refractivity contribution in [2.75, 3.05) is 10.6 Å². The third-order valence-corrected chi connectivity index (χ3v) is 3.84. The van der Waals surface area contributed by atoms with E-state index in [1.54, 1.807) is 24.3 Å². The lowest BCUT2D eigenvalue weighted by molar-refractivity contribution is -0.143. The quantitative estimate of drug-likeness (QED) is 0.558. The molecule has 30 heavy (non-hydrogen) atoms. The molecule has 2 aromatic heterocycles. The number of benzene rings is 1. The Morgan fingerprint density at radius 3 is 2.23 bits per heavy atom. The third-order valence-electron chi connectivity index (χ3n) is 3.84. The smallest absolute Gasteiger partial charge is 0.308 e. The van der Waals surface area contributed by atoms with Gasteiger partial charge < -0.3 is 10.6 Å². The highest BCUT2D eigenvalue weighted by molar-refractivity contribution is 6.00. The maximum Gasteiger partial charge on any atom is 0.435 e. The Morgan fingerprint density at radius 1 is 0.967 bits per heavy atom. The number of urea groups is 1. The average Bonchev–Trinajstić information content (AvgIpc) is 3.10. The van der Waals surface area contributed by atoms with Crippen LogP contribution in [0.3, 0.4) is 0 Å². The second-order valence-corrected chi connectivity index (χ2v) is 6.14. The van der Waals surface area contributed by atoms with Crippen molar-refractivity contribution in [3.8, 4) is 5.82 Å². The standard InChI is InChI=1S/C18H13F6N5O/c1-10-4-6-11(7-5-10)26-16(30)27-12-3-2-8-25-15(12)29-14(18(22,23)24)9-13(28-29)17(19,20)21/h2-9H,1H3,(H2,26,27,30). The number of hydrogen-bond donors (Lipinski definition) is 2. The fourth-order valence-corrected chi connectivity index (χ4v) is 2.47. The highest BCUT2D eigenvalue weighted by Gasteiger charge is 2.42. The van der Waals surface area contributed by atoms with Crippen LogP contribution >= 0.6 is 0 Å². The molecule has 0 saturated heterocycles. The monoisotopic (exact) mass is 429 g/mol.